The van der Waals surface area contributed by atoms with Gasteiger partial charge >= 0.3 is 5.97 Å². The minimum absolute atomic E-state index is 0.621. The zero-order chi connectivity index (χ0) is 12.4. The van der Waals surface area contributed by atoms with Crippen LogP contribution in [0.4, 0.5) is 5.82 Å². The molecule has 0 spiro atoms. The summed E-state index contributed by atoms with van der Waals surface area (Å²) in [6.45, 7) is 3.49. The predicted octanol–water partition coefficient (Wildman–Crippen LogP) is 2.43. The van der Waals surface area contributed by atoms with Gasteiger partial charge in [-0.05, 0) is 25.3 Å². The molecule has 1 atom stereocenters. The number of carbonyl (C=O) groups is 1. The fourth-order valence-corrected chi connectivity index (χ4v) is 1.71. The van der Waals surface area contributed by atoms with E-state index in [2.05, 4.69) is 10.3 Å². The maximum absolute atomic E-state index is 10.8. The molecule has 0 bridgehead atoms. The number of aryl methyl sites for hydroxylation is 1. The molecule has 0 aliphatic rings. The topological polar surface area (TPSA) is 62.2 Å². The van der Waals surface area contributed by atoms with Crippen LogP contribution >= 0.6 is 0 Å². The lowest BCUT2D eigenvalue weighted by molar-refractivity contribution is -0.137. The van der Waals surface area contributed by atoms with Crippen molar-refractivity contribution in [3.63, 3.8) is 0 Å². The second-order valence-corrected chi connectivity index (χ2v) is 4.04. The fourth-order valence-electron chi connectivity index (χ4n) is 1.71. The largest absolute Gasteiger partial charge is 0.480 e. The van der Waals surface area contributed by atoms with Crippen LogP contribution in [-0.4, -0.2) is 22.1 Å². The molecule has 17 heavy (non-hydrogen) atoms. The quantitative estimate of drug-likeness (QED) is 0.850. The van der Waals surface area contributed by atoms with Crippen LogP contribution in [0.2, 0.25) is 0 Å². The Labute approximate surface area is 99.3 Å². The Morgan fingerprint density at radius 3 is 2.82 bits per heavy atom. The Bertz CT molecular complexity index is 566. The number of nitrogens with zero attached hydrogens (tertiary/aromatic N) is 1. The van der Waals surface area contributed by atoms with Crippen LogP contribution in [-0.2, 0) is 4.79 Å². The first-order valence-corrected chi connectivity index (χ1v) is 5.43. The predicted molar refractivity (Wildman–Crippen MR) is 67.2 cm³/mol. The number of aromatic nitrogens is 1. The summed E-state index contributed by atoms with van der Waals surface area (Å²) in [5.41, 5.74) is 0.865. The highest BCUT2D eigenvalue weighted by Crippen LogP contribution is 2.22. The average molecular weight is 230 g/mol. The molecule has 2 N–H and O–H groups in total. The van der Waals surface area contributed by atoms with Crippen LogP contribution < -0.4 is 5.32 Å². The maximum Gasteiger partial charge on any atom is 0.325 e. The normalized spacial score (nSPS) is 12.4. The summed E-state index contributed by atoms with van der Waals surface area (Å²) < 4.78 is 0. The number of carboxylic acids is 1. The van der Waals surface area contributed by atoms with Gasteiger partial charge in [0, 0.05) is 11.1 Å². The third-order valence-electron chi connectivity index (χ3n) is 2.59. The molecule has 0 aliphatic heterocycles. The Balaban J connectivity index is 2.49. The van der Waals surface area contributed by atoms with Crippen molar-refractivity contribution in [1.82, 2.24) is 4.98 Å². The molecule has 0 aliphatic carbocycles. The summed E-state index contributed by atoms with van der Waals surface area (Å²) in [6.07, 6.45) is 0. The molecular weight excluding hydrogens is 216 g/mol. The van der Waals surface area contributed by atoms with Gasteiger partial charge in [0.15, 0.2) is 0 Å². The number of hydrogen-bond acceptors (Lipinski definition) is 3. The first kappa shape index (κ1) is 11.4. The van der Waals surface area contributed by atoms with Crippen molar-refractivity contribution in [3.8, 4) is 0 Å². The van der Waals surface area contributed by atoms with E-state index in [9.17, 15) is 4.79 Å². The molecule has 88 valence electrons. The van der Waals surface area contributed by atoms with Crippen LogP contribution in [0.5, 0.6) is 0 Å². The Morgan fingerprint density at radius 2 is 2.12 bits per heavy atom. The summed E-state index contributed by atoms with van der Waals surface area (Å²) in [5.74, 6) is -0.270. The van der Waals surface area contributed by atoms with Crippen molar-refractivity contribution >= 4 is 22.6 Å². The minimum atomic E-state index is -0.891. The SMILES string of the molecule is Cc1cc2ccccc2c(NC(C)C(=O)O)n1. The lowest BCUT2D eigenvalue weighted by Gasteiger charge is -2.13. The lowest BCUT2D eigenvalue weighted by atomic mass is 10.1. The van der Waals surface area contributed by atoms with Crippen LogP contribution in [0, 0.1) is 6.92 Å². The Morgan fingerprint density at radius 1 is 1.41 bits per heavy atom. The third-order valence-corrected chi connectivity index (χ3v) is 2.59. The van der Waals surface area contributed by atoms with E-state index in [1.165, 1.54) is 0 Å². The first-order chi connectivity index (χ1) is 8.08. The number of carboxylic acid groups (broad SMARTS) is 1. The fraction of sp³-hybridized carbons (Fsp3) is 0.231. The van der Waals surface area contributed by atoms with E-state index < -0.39 is 12.0 Å². The van der Waals surface area contributed by atoms with Crippen LogP contribution in [0.25, 0.3) is 10.8 Å². The van der Waals surface area contributed by atoms with Crippen molar-refractivity contribution in [2.75, 3.05) is 5.32 Å². The van der Waals surface area contributed by atoms with Crippen molar-refractivity contribution < 1.29 is 9.90 Å². The molecule has 2 rings (SSSR count). The van der Waals surface area contributed by atoms with Gasteiger partial charge in [-0.3, -0.25) is 4.79 Å². The van der Waals surface area contributed by atoms with E-state index >= 15 is 0 Å². The van der Waals surface area contributed by atoms with Gasteiger partial charge < -0.3 is 10.4 Å². The van der Waals surface area contributed by atoms with E-state index in [0.29, 0.717) is 5.82 Å². The van der Waals surface area contributed by atoms with Gasteiger partial charge in [-0.25, -0.2) is 4.98 Å². The van der Waals surface area contributed by atoms with Crippen LogP contribution in [0.1, 0.15) is 12.6 Å². The van der Waals surface area contributed by atoms with Crippen molar-refractivity contribution in [2.24, 2.45) is 0 Å². The van der Waals surface area contributed by atoms with Crippen LogP contribution in [0.15, 0.2) is 30.3 Å². The summed E-state index contributed by atoms with van der Waals surface area (Å²) >= 11 is 0. The molecule has 0 saturated carbocycles. The number of fused-ring (bicyclic) bond motifs is 1. The molecule has 4 nitrogen and oxygen atoms in total. The number of nitrogens with one attached hydrogen (secondary N) is 1. The number of pyridine rings is 1. The monoisotopic (exact) mass is 230 g/mol. The van der Waals surface area contributed by atoms with Gasteiger partial charge in [-0.2, -0.15) is 0 Å². The number of anilines is 1. The molecule has 0 amide bonds. The second kappa shape index (κ2) is 4.41. The van der Waals surface area contributed by atoms with E-state index in [-0.39, 0.29) is 0 Å². The smallest absolute Gasteiger partial charge is 0.325 e. The molecule has 1 aromatic heterocycles. The minimum Gasteiger partial charge on any atom is -0.480 e. The average Bonchev–Trinajstić information content (AvgIpc) is 2.28. The van der Waals surface area contributed by atoms with E-state index in [4.69, 9.17) is 5.11 Å². The van der Waals surface area contributed by atoms with Gasteiger partial charge in [-0.1, -0.05) is 24.3 Å². The van der Waals surface area contributed by atoms with E-state index in [1.54, 1.807) is 6.92 Å². The molecule has 2 aromatic rings. The number of rotatable bonds is 3. The zero-order valence-electron chi connectivity index (χ0n) is 9.77. The zero-order valence-corrected chi connectivity index (χ0v) is 9.77. The number of benzene rings is 1. The Hall–Kier alpha value is -2.10. The van der Waals surface area contributed by atoms with Gasteiger partial charge in [-0.15, -0.1) is 0 Å². The summed E-state index contributed by atoms with van der Waals surface area (Å²) in [5, 5.41) is 13.8. The van der Waals surface area contributed by atoms with Crippen molar-refractivity contribution in [1.29, 1.82) is 0 Å². The highest BCUT2D eigenvalue weighted by molar-refractivity contribution is 5.93. The summed E-state index contributed by atoms with van der Waals surface area (Å²) in [4.78, 5) is 15.2. The molecule has 0 radical (unpaired) electrons. The summed E-state index contributed by atoms with van der Waals surface area (Å²) in [7, 11) is 0. The highest BCUT2D eigenvalue weighted by atomic mass is 16.4. The molecule has 1 aromatic carbocycles. The first-order valence-electron chi connectivity index (χ1n) is 5.43. The summed E-state index contributed by atoms with van der Waals surface area (Å²) in [6, 6.07) is 9.10. The molecular formula is C13H14N2O2. The highest BCUT2D eigenvalue weighted by Gasteiger charge is 2.12. The van der Waals surface area contributed by atoms with E-state index in [1.807, 2.05) is 37.3 Å². The third kappa shape index (κ3) is 2.36. The van der Waals surface area contributed by atoms with Crippen molar-refractivity contribution in [3.05, 3.63) is 36.0 Å². The van der Waals surface area contributed by atoms with Crippen molar-refractivity contribution in [2.45, 2.75) is 19.9 Å². The van der Waals surface area contributed by atoms with Gasteiger partial charge in [0.2, 0.25) is 0 Å². The number of aliphatic carboxylic acids is 1. The van der Waals surface area contributed by atoms with Gasteiger partial charge in [0.1, 0.15) is 11.9 Å². The Kier molecular flexibility index (Phi) is 2.95. The standard InChI is InChI=1S/C13H14N2O2/c1-8-7-10-5-3-4-6-11(10)12(14-8)15-9(2)13(16)17/h3-7,9H,1-2H3,(H,14,15)(H,16,17). The number of hydrogen-bond donors (Lipinski definition) is 2. The lowest BCUT2D eigenvalue weighted by Crippen LogP contribution is -2.26. The molecule has 0 saturated heterocycles. The molecule has 1 heterocycles. The van der Waals surface area contributed by atoms with E-state index in [0.717, 1.165) is 16.5 Å². The molecule has 0 fully saturated rings. The second-order valence-electron chi connectivity index (χ2n) is 4.04. The van der Waals surface area contributed by atoms with Gasteiger partial charge in [0.05, 0.1) is 0 Å². The molecule has 1 unspecified atom stereocenters. The van der Waals surface area contributed by atoms with Gasteiger partial charge in [0.25, 0.3) is 0 Å². The maximum atomic E-state index is 10.8. The van der Waals surface area contributed by atoms with Crippen LogP contribution in [0.3, 0.4) is 0 Å². The molecule has 4 heteroatoms.